The van der Waals surface area contributed by atoms with Gasteiger partial charge in [0.2, 0.25) is 5.91 Å². The van der Waals surface area contributed by atoms with E-state index < -0.39 is 0 Å². The molecule has 0 unspecified atom stereocenters. The van der Waals surface area contributed by atoms with Gasteiger partial charge in [-0.2, -0.15) is 0 Å². The molecule has 0 spiro atoms. The molecule has 5 heteroatoms. The molecule has 3 fully saturated rings. The molecule has 3 rings (SSSR count). The van der Waals surface area contributed by atoms with Crippen LogP contribution in [0.25, 0.3) is 0 Å². The van der Waals surface area contributed by atoms with E-state index in [-0.39, 0.29) is 6.29 Å². The zero-order valence-electron chi connectivity index (χ0n) is 12.3. The maximum atomic E-state index is 12.2. The number of rotatable bonds is 3. The van der Waals surface area contributed by atoms with Gasteiger partial charge in [0.1, 0.15) is 0 Å². The Hall–Kier alpha value is -0.650. The summed E-state index contributed by atoms with van der Waals surface area (Å²) in [6.07, 6.45) is 5.79. The number of carbonyl (C=O) groups is 1. The minimum absolute atomic E-state index is 0.00921. The Morgan fingerprint density at radius 1 is 0.950 bits per heavy atom. The first kappa shape index (κ1) is 14.3. The van der Waals surface area contributed by atoms with Gasteiger partial charge in [0.05, 0.1) is 19.8 Å². The summed E-state index contributed by atoms with van der Waals surface area (Å²) in [6.45, 7) is 5.97. The summed E-state index contributed by atoms with van der Waals surface area (Å²) >= 11 is 0. The van der Waals surface area contributed by atoms with Crippen molar-refractivity contribution >= 4 is 5.91 Å². The van der Waals surface area contributed by atoms with Crippen LogP contribution in [0.2, 0.25) is 0 Å². The van der Waals surface area contributed by atoms with E-state index in [1.54, 1.807) is 0 Å². The number of hydrogen-bond acceptors (Lipinski definition) is 4. The topological polar surface area (TPSA) is 42.0 Å². The van der Waals surface area contributed by atoms with Crippen LogP contribution in [0, 0.1) is 5.92 Å². The monoisotopic (exact) mass is 282 g/mol. The predicted molar refractivity (Wildman–Crippen MR) is 75.3 cm³/mol. The fourth-order valence-electron chi connectivity index (χ4n) is 3.47. The summed E-state index contributed by atoms with van der Waals surface area (Å²) in [5.74, 6) is 0.829. The molecule has 0 N–H and O–H groups in total. The van der Waals surface area contributed by atoms with Gasteiger partial charge in [-0.1, -0.05) is 0 Å². The number of hydrogen-bond donors (Lipinski definition) is 0. The minimum atomic E-state index is 0.00921. The summed E-state index contributed by atoms with van der Waals surface area (Å²) in [5, 5.41) is 0. The van der Waals surface area contributed by atoms with E-state index in [0.717, 1.165) is 52.2 Å². The average Bonchev–Trinajstić information content (AvgIpc) is 3.03. The van der Waals surface area contributed by atoms with Gasteiger partial charge in [-0.25, -0.2) is 0 Å². The van der Waals surface area contributed by atoms with Crippen molar-refractivity contribution in [3.8, 4) is 0 Å². The summed E-state index contributed by atoms with van der Waals surface area (Å²) in [7, 11) is 0. The molecule has 0 radical (unpaired) electrons. The Labute approximate surface area is 121 Å². The smallest absolute Gasteiger partial charge is 0.236 e. The number of amides is 1. The lowest BCUT2D eigenvalue weighted by Gasteiger charge is -2.35. The molecule has 5 nitrogen and oxygen atoms in total. The third kappa shape index (κ3) is 3.51. The van der Waals surface area contributed by atoms with E-state index in [1.807, 2.05) is 4.90 Å². The van der Waals surface area contributed by atoms with Crippen molar-refractivity contribution in [1.29, 1.82) is 0 Å². The van der Waals surface area contributed by atoms with Crippen LogP contribution in [-0.2, 0) is 14.3 Å². The Balaban J connectivity index is 1.40. The Morgan fingerprint density at radius 3 is 2.25 bits per heavy atom. The lowest BCUT2D eigenvalue weighted by Crippen LogP contribution is -2.46. The molecule has 0 saturated carbocycles. The molecule has 3 aliphatic rings. The number of likely N-dealkylation sites (tertiary alicyclic amines) is 2. The van der Waals surface area contributed by atoms with E-state index in [2.05, 4.69) is 4.90 Å². The summed E-state index contributed by atoms with van der Waals surface area (Å²) in [4.78, 5) is 16.6. The van der Waals surface area contributed by atoms with Crippen molar-refractivity contribution in [2.45, 2.75) is 38.4 Å². The molecule has 1 amide bonds. The SMILES string of the molecule is O=C(CN1CCC(C2OCCO2)CC1)N1CCCCC1. The van der Waals surface area contributed by atoms with Crippen molar-refractivity contribution in [3.05, 3.63) is 0 Å². The third-order valence-corrected chi connectivity index (χ3v) is 4.73. The quantitative estimate of drug-likeness (QED) is 0.777. The molecule has 20 heavy (non-hydrogen) atoms. The van der Waals surface area contributed by atoms with Crippen molar-refractivity contribution in [2.75, 3.05) is 45.9 Å². The average molecular weight is 282 g/mol. The summed E-state index contributed by atoms with van der Waals surface area (Å²) in [6, 6.07) is 0. The predicted octanol–water partition coefficient (Wildman–Crippen LogP) is 1.08. The second kappa shape index (κ2) is 6.87. The molecule has 0 atom stereocenters. The molecule has 0 bridgehead atoms. The standard InChI is InChI=1S/C15H26N2O3/c18-14(17-6-2-1-3-7-17)12-16-8-4-13(5-9-16)15-19-10-11-20-15/h13,15H,1-12H2. The van der Waals surface area contributed by atoms with Gasteiger partial charge in [-0.3, -0.25) is 9.69 Å². The fraction of sp³-hybridized carbons (Fsp3) is 0.933. The minimum Gasteiger partial charge on any atom is -0.350 e. The first-order valence-corrected chi connectivity index (χ1v) is 8.06. The molecular weight excluding hydrogens is 256 g/mol. The van der Waals surface area contributed by atoms with Crippen molar-refractivity contribution in [3.63, 3.8) is 0 Å². The van der Waals surface area contributed by atoms with E-state index in [0.29, 0.717) is 18.4 Å². The van der Waals surface area contributed by atoms with Crippen LogP contribution >= 0.6 is 0 Å². The molecule has 0 aromatic heterocycles. The van der Waals surface area contributed by atoms with Crippen LogP contribution in [0.1, 0.15) is 32.1 Å². The Morgan fingerprint density at radius 2 is 1.60 bits per heavy atom. The van der Waals surface area contributed by atoms with Gasteiger partial charge in [0, 0.05) is 19.0 Å². The molecular formula is C15H26N2O3. The van der Waals surface area contributed by atoms with Gasteiger partial charge in [0.15, 0.2) is 6.29 Å². The normalized spacial score (nSPS) is 27.1. The van der Waals surface area contributed by atoms with Crippen LogP contribution in [-0.4, -0.2) is 67.9 Å². The molecule has 0 aliphatic carbocycles. The van der Waals surface area contributed by atoms with E-state index in [4.69, 9.17) is 9.47 Å². The summed E-state index contributed by atoms with van der Waals surface area (Å²) < 4.78 is 11.2. The maximum Gasteiger partial charge on any atom is 0.236 e. The second-order valence-electron chi connectivity index (χ2n) is 6.16. The highest BCUT2D eigenvalue weighted by Gasteiger charge is 2.31. The lowest BCUT2D eigenvalue weighted by atomic mass is 9.96. The zero-order chi connectivity index (χ0) is 13.8. The van der Waals surface area contributed by atoms with E-state index >= 15 is 0 Å². The molecule has 114 valence electrons. The second-order valence-corrected chi connectivity index (χ2v) is 6.16. The van der Waals surface area contributed by atoms with E-state index in [1.165, 1.54) is 19.3 Å². The number of piperidine rings is 2. The third-order valence-electron chi connectivity index (χ3n) is 4.73. The Bertz CT molecular complexity index is 317. The van der Waals surface area contributed by atoms with Crippen LogP contribution in [0.15, 0.2) is 0 Å². The molecule has 0 aromatic carbocycles. The number of carbonyl (C=O) groups excluding carboxylic acids is 1. The lowest BCUT2D eigenvalue weighted by molar-refractivity contribution is -0.134. The van der Waals surface area contributed by atoms with Crippen molar-refractivity contribution in [2.24, 2.45) is 5.92 Å². The highest BCUT2D eigenvalue weighted by molar-refractivity contribution is 5.78. The van der Waals surface area contributed by atoms with Gasteiger partial charge in [-0.15, -0.1) is 0 Å². The van der Waals surface area contributed by atoms with Crippen LogP contribution < -0.4 is 0 Å². The van der Waals surface area contributed by atoms with Gasteiger partial charge in [-0.05, 0) is 45.2 Å². The first-order valence-electron chi connectivity index (χ1n) is 8.06. The van der Waals surface area contributed by atoms with Crippen LogP contribution in [0.4, 0.5) is 0 Å². The number of ether oxygens (including phenoxy) is 2. The molecule has 0 aromatic rings. The fourth-order valence-corrected chi connectivity index (χ4v) is 3.47. The number of nitrogens with zero attached hydrogens (tertiary/aromatic N) is 2. The van der Waals surface area contributed by atoms with Gasteiger partial charge >= 0.3 is 0 Å². The highest BCUT2D eigenvalue weighted by Crippen LogP contribution is 2.25. The highest BCUT2D eigenvalue weighted by atomic mass is 16.7. The first-order chi connectivity index (χ1) is 9.83. The Kier molecular flexibility index (Phi) is 4.91. The summed E-state index contributed by atoms with van der Waals surface area (Å²) in [5.41, 5.74) is 0. The van der Waals surface area contributed by atoms with Crippen LogP contribution in [0.3, 0.4) is 0 Å². The van der Waals surface area contributed by atoms with E-state index in [9.17, 15) is 4.79 Å². The zero-order valence-corrected chi connectivity index (χ0v) is 12.3. The molecule has 3 heterocycles. The van der Waals surface area contributed by atoms with Gasteiger partial charge in [0.25, 0.3) is 0 Å². The molecule has 3 saturated heterocycles. The maximum absolute atomic E-state index is 12.2. The van der Waals surface area contributed by atoms with Crippen molar-refractivity contribution in [1.82, 2.24) is 9.80 Å². The van der Waals surface area contributed by atoms with Crippen molar-refractivity contribution < 1.29 is 14.3 Å². The largest absolute Gasteiger partial charge is 0.350 e. The van der Waals surface area contributed by atoms with Crippen LogP contribution in [0.5, 0.6) is 0 Å². The molecule has 3 aliphatic heterocycles. The van der Waals surface area contributed by atoms with Gasteiger partial charge < -0.3 is 14.4 Å².